The number of pyridine rings is 1. The highest BCUT2D eigenvalue weighted by Gasteiger charge is 2.26. The molecule has 3 rings (SSSR count). The molecule has 1 aromatic carbocycles. The van der Waals surface area contributed by atoms with E-state index >= 15 is 0 Å². The normalized spacial score (nSPS) is 11.3. The molecule has 174 valence electrons. The first-order valence-corrected chi connectivity index (χ1v) is 10.8. The third-order valence-corrected chi connectivity index (χ3v) is 5.27. The van der Waals surface area contributed by atoms with Crippen LogP contribution in [0.3, 0.4) is 0 Å². The van der Waals surface area contributed by atoms with Gasteiger partial charge in [-0.3, -0.25) is 15.0 Å². The van der Waals surface area contributed by atoms with Crippen LogP contribution in [-0.4, -0.2) is 38.7 Å². The molecule has 3 aromatic rings. The Morgan fingerprint density at radius 3 is 2.71 bits per heavy atom. The third-order valence-electron chi connectivity index (χ3n) is 4.59. The van der Waals surface area contributed by atoms with Crippen molar-refractivity contribution in [3.8, 4) is 11.9 Å². The number of hydrogen-bond acceptors (Lipinski definition) is 8. The van der Waals surface area contributed by atoms with E-state index in [0.717, 1.165) is 0 Å². The van der Waals surface area contributed by atoms with E-state index in [1.165, 1.54) is 36.0 Å². The van der Waals surface area contributed by atoms with Gasteiger partial charge in [0.05, 0.1) is 22.3 Å². The SMILES string of the molecule is Cc1cc(C#N)cc(C(=O)C(C)OC(=O)NN)c1NC(=O)c1cc(Br)nn1-c1ncccc1Cl. The molecule has 0 bridgehead atoms. The van der Waals surface area contributed by atoms with Gasteiger partial charge in [0.25, 0.3) is 5.91 Å². The molecule has 0 aliphatic heterocycles. The number of carbonyl (C=O) groups excluding carboxylic acids is 3. The number of anilines is 1. The molecule has 1 unspecified atom stereocenters. The Kier molecular flexibility index (Phi) is 7.62. The van der Waals surface area contributed by atoms with Crippen LogP contribution in [0.15, 0.2) is 41.1 Å². The minimum absolute atomic E-state index is 0.0248. The Bertz CT molecular complexity index is 1340. The Morgan fingerprint density at radius 1 is 1.32 bits per heavy atom. The van der Waals surface area contributed by atoms with E-state index in [4.69, 9.17) is 22.2 Å². The second-order valence-electron chi connectivity index (χ2n) is 6.91. The number of hydrogen-bond donors (Lipinski definition) is 3. The first-order valence-electron chi connectivity index (χ1n) is 9.60. The predicted molar refractivity (Wildman–Crippen MR) is 126 cm³/mol. The maximum absolute atomic E-state index is 13.3. The van der Waals surface area contributed by atoms with Gasteiger partial charge < -0.3 is 10.1 Å². The average Bonchev–Trinajstić information content (AvgIpc) is 3.21. The van der Waals surface area contributed by atoms with E-state index in [-0.39, 0.29) is 33.3 Å². The number of ketones is 1. The maximum Gasteiger partial charge on any atom is 0.422 e. The fourth-order valence-corrected chi connectivity index (χ4v) is 3.64. The van der Waals surface area contributed by atoms with E-state index in [1.54, 1.807) is 24.5 Å². The first kappa shape index (κ1) is 24.8. The Balaban J connectivity index is 2.03. The molecule has 1 atom stereocenters. The molecule has 2 amide bonds. The summed E-state index contributed by atoms with van der Waals surface area (Å²) in [7, 11) is 0. The van der Waals surface area contributed by atoms with Gasteiger partial charge in [0.2, 0.25) is 5.78 Å². The van der Waals surface area contributed by atoms with Crippen LogP contribution in [0.5, 0.6) is 0 Å². The maximum atomic E-state index is 13.3. The Morgan fingerprint density at radius 2 is 2.06 bits per heavy atom. The summed E-state index contributed by atoms with van der Waals surface area (Å²) >= 11 is 9.46. The van der Waals surface area contributed by atoms with Crippen molar-refractivity contribution in [3.05, 3.63) is 68.5 Å². The number of amides is 2. The first-order chi connectivity index (χ1) is 16.2. The van der Waals surface area contributed by atoms with Crippen molar-refractivity contribution in [1.29, 1.82) is 5.26 Å². The number of nitriles is 1. The number of hydrazine groups is 1. The van der Waals surface area contributed by atoms with Crippen molar-refractivity contribution < 1.29 is 19.1 Å². The van der Waals surface area contributed by atoms with Crippen LogP contribution < -0.4 is 16.6 Å². The molecule has 0 radical (unpaired) electrons. The minimum atomic E-state index is -1.25. The van der Waals surface area contributed by atoms with E-state index < -0.39 is 23.9 Å². The molecular formula is C21H17BrClN7O4. The van der Waals surface area contributed by atoms with Gasteiger partial charge in [0, 0.05) is 17.8 Å². The second-order valence-corrected chi connectivity index (χ2v) is 8.13. The number of benzene rings is 1. The number of nitrogens with zero attached hydrogens (tertiary/aromatic N) is 4. The van der Waals surface area contributed by atoms with Gasteiger partial charge in [-0.1, -0.05) is 11.6 Å². The molecule has 0 saturated heterocycles. The zero-order valence-corrected chi connectivity index (χ0v) is 20.1. The summed E-state index contributed by atoms with van der Waals surface area (Å²) in [6.07, 6.45) is -0.765. The van der Waals surface area contributed by atoms with Crippen LogP contribution >= 0.6 is 27.5 Å². The molecule has 0 spiro atoms. The van der Waals surface area contributed by atoms with Gasteiger partial charge in [0.15, 0.2) is 11.9 Å². The van der Waals surface area contributed by atoms with Crippen molar-refractivity contribution in [2.45, 2.75) is 20.0 Å². The van der Waals surface area contributed by atoms with Crippen molar-refractivity contribution in [1.82, 2.24) is 20.2 Å². The number of rotatable bonds is 6. The lowest BCUT2D eigenvalue weighted by molar-refractivity contribution is 0.0672. The zero-order valence-electron chi connectivity index (χ0n) is 17.8. The summed E-state index contributed by atoms with van der Waals surface area (Å²) in [4.78, 5) is 41.9. The van der Waals surface area contributed by atoms with Gasteiger partial charge in [-0.05, 0) is 59.6 Å². The van der Waals surface area contributed by atoms with E-state index in [9.17, 15) is 19.6 Å². The van der Waals surface area contributed by atoms with Crippen molar-refractivity contribution in [3.63, 3.8) is 0 Å². The molecule has 2 aromatic heterocycles. The minimum Gasteiger partial charge on any atom is -0.437 e. The number of carbonyl (C=O) groups is 3. The van der Waals surface area contributed by atoms with E-state index in [2.05, 4.69) is 31.3 Å². The fraction of sp³-hybridized carbons (Fsp3) is 0.143. The number of Topliss-reactive ketones (excluding diaryl/α,β-unsaturated/α-hetero) is 1. The number of aryl methyl sites for hydroxylation is 1. The average molecular weight is 547 g/mol. The van der Waals surface area contributed by atoms with Crippen LogP contribution in [0.2, 0.25) is 5.02 Å². The molecule has 13 heteroatoms. The summed E-state index contributed by atoms with van der Waals surface area (Å²) in [6.45, 7) is 2.96. The van der Waals surface area contributed by atoms with E-state index in [1.807, 2.05) is 6.07 Å². The summed E-state index contributed by atoms with van der Waals surface area (Å²) in [5.74, 6) is 3.95. The van der Waals surface area contributed by atoms with Crippen molar-refractivity contribution in [2.24, 2.45) is 5.84 Å². The Hall–Kier alpha value is -3.79. The van der Waals surface area contributed by atoms with Gasteiger partial charge in [0.1, 0.15) is 10.3 Å². The molecule has 2 heterocycles. The largest absolute Gasteiger partial charge is 0.437 e. The zero-order chi connectivity index (χ0) is 25.0. The number of nitrogens with one attached hydrogen (secondary N) is 2. The van der Waals surface area contributed by atoms with Gasteiger partial charge in [-0.2, -0.15) is 10.4 Å². The second kappa shape index (κ2) is 10.4. The number of halogens is 2. The van der Waals surface area contributed by atoms with Crippen LogP contribution in [-0.2, 0) is 4.74 Å². The van der Waals surface area contributed by atoms with Crippen molar-refractivity contribution in [2.75, 3.05) is 5.32 Å². The van der Waals surface area contributed by atoms with Gasteiger partial charge in [-0.25, -0.2) is 20.3 Å². The molecule has 0 aliphatic carbocycles. The van der Waals surface area contributed by atoms with Crippen LogP contribution in [0.4, 0.5) is 10.5 Å². The van der Waals surface area contributed by atoms with E-state index in [0.29, 0.717) is 10.2 Å². The highest BCUT2D eigenvalue weighted by Crippen LogP contribution is 2.27. The predicted octanol–water partition coefficient (Wildman–Crippen LogP) is 3.29. The molecule has 0 fully saturated rings. The van der Waals surface area contributed by atoms with Gasteiger partial charge in [-0.15, -0.1) is 0 Å². The summed E-state index contributed by atoms with van der Waals surface area (Å²) < 4.78 is 6.50. The monoisotopic (exact) mass is 545 g/mol. The third kappa shape index (κ3) is 5.23. The number of ether oxygens (including phenoxy) is 1. The molecule has 4 N–H and O–H groups in total. The number of nitrogens with two attached hydrogens (primary N) is 1. The summed E-state index contributed by atoms with van der Waals surface area (Å²) in [5.41, 5.74) is 2.57. The van der Waals surface area contributed by atoms with Gasteiger partial charge >= 0.3 is 6.09 Å². The standard InChI is InChI=1S/C21H17BrClN7O4/c1-10-6-12(9-24)7-13(18(31)11(2)34-21(33)28-25)17(10)27-20(32)15-8-16(22)29-30(15)19-14(23)4-3-5-26-19/h3-8,11H,25H2,1-2H3,(H,27,32)(H,28,33). The quantitative estimate of drug-likeness (QED) is 0.183. The van der Waals surface area contributed by atoms with Crippen LogP contribution in [0, 0.1) is 18.3 Å². The molecule has 0 saturated carbocycles. The Labute approximate surface area is 206 Å². The highest BCUT2D eigenvalue weighted by atomic mass is 79.9. The number of aromatic nitrogens is 3. The molecule has 11 nitrogen and oxygen atoms in total. The smallest absolute Gasteiger partial charge is 0.422 e. The lowest BCUT2D eigenvalue weighted by Crippen LogP contribution is -2.36. The van der Waals surface area contributed by atoms with Crippen LogP contribution in [0.1, 0.15) is 38.9 Å². The lowest BCUT2D eigenvalue weighted by atomic mass is 9.98. The summed E-state index contributed by atoms with van der Waals surface area (Å²) in [5, 5.41) is 16.5. The molecule has 34 heavy (non-hydrogen) atoms. The molecular weight excluding hydrogens is 530 g/mol. The molecule has 0 aliphatic rings. The lowest BCUT2D eigenvalue weighted by Gasteiger charge is -2.17. The van der Waals surface area contributed by atoms with Crippen LogP contribution in [0.25, 0.3) is 5.82 Å². The fourth-order valence-electron chi connectivity index (χ4n) is 3.07. The summed E-state index contributed by atoms with van der Waals surface area (Å²) in [6, 6.07) is 9.46. The topological polar surface area (TPSA) is 165 Å². The highest BCUT2D eigenvalue weighted by molar-refractivity contribution is 9.10. The van der Waals surface area contributed by atoms with Crippen molar-refractivity contribution >= 4 is 51.0 Å².